The van der Waals surface area contributed by atoms with E-state index in [0.717, 1.165) is 12.8 Å². The van der Waals surface area contributed by atoms with Crippen LogP contribution in [0.1, 0.15) is 50.4 Å². The first-order valence-electron chi connectivity index (χ1n) is 7.27. The first-order valence-corrected chi connectivity index (χ1v) is 7.27. The second kappa shape index (κ2) is 5.73. The molecule has 4 nitrogen and oxygen atoms in total. The van der Waals surface area contributed by atoms with Crippen molar-refractivity contribution in [2.75, 3.05) is 12.3 Å². The summed E-state index contributed by atoms with van der Waals surface area (Å²) in [4.78, 5) is 12.3. The maximum atomic E-state index is 12.3. The molecule has 1 aliphatic rings. The highest BCUT2D eigenvalue weighted by Crippen LogP contribution is 2.37. The Morgan fingerprint density at radius 2 is 2.25 bits per heavy atom. The molecule has 1 amide bonds. The SMILES string of the molecule is CCOc1ccc(C(=O)NC2CCCC2(C)C)cc1N. The van der Waals surface area contributed by atoms with Gasteiger partial charge in [-0.1, -0.05) is 20.3 Å². The number of anilines is 1. The average molecular weight is 276 g/mol. The third kappa shape index (κ3) is 3.06. The van der Waals surface area contributed by atoms with Crippen molar-refractivity contribution in [3.8, 4) is 5.75 Å². The van der Waals surface area contributed by atoms with Gasteiger partial charge in [-0.3, -0.25) is 4.79 Å². The highest BCUT2D eigenvalue weighted by Gasteiger charge is 2.35. The molecule has 0 heterocycles. The van der Waals surface area contributed by atoms with Crippen LogP contribution in [-0.2, 0) is 0 Å². The normalized spacial score (nSPS) is 20.6. The van der Waals surface area contributed by atoms with E-state index in [1.807, 2.05) is 6.92 Å². The van der Waals surface area contributed by atoms with Crippen molar-refractivity contribution in [2.45, 2.75) is 46.1 Å². The van der Waals surface area contributed by atoms with Gasteiger partial charge in [0.25, 0.3) is 5.91 Å². The van der Waals surface area contributed by atoms with E-state index in [0.29, 0.717) is 23.6 Å². The third-order valence-electron chi connectivity index (χ3n) is 4.13. The van der Waals surface area contributed by atoms with Gasteiger partial charge < -0.3 is 15.8 Å². The lowest BCUT2D eigenvalue weighted by atomic mass is 9.87. The summed E-state index contributed by atoms with van der Waals surface area (Å²) in [6, 6.07) is 5.44. The quantitative estimate of drug-likeness (QED) is 0.831. The smallest absolute Gasteiger partial charge is 0.251 e. The summed E-state index contributed by atoms with van der Waals surface area (Å²) < 4.78 is 5.38. The van der Waals surface area contributed by atoms with Gasteiger partial charge >= 0.3 is 0 Å². The number of ether oxygens (including phenoxy) is 1. The molecule has 20 heavy (non-hydrogen) atoms. The van der Waals surface area contributed by atoms with Gasteiger partial charge in [-0.25, -0.2) is 0 Å². The lowest BCUT2D eigenvalue weighted by Gasteiger charge is -2.27. The van der Waals surface area contributed by atoms with Crippen LogP contribution >= 0.6 is 0 Å². The predicted octanol–water partition coefficient (Wildman–Crippen LogP) is 2.98. The van der Waals surface area contributed by atoms with Gasteiger partial charge in [-0.15, -0.1) is 0 Å². The fourth-order valence-corrected chi connectivity index (χ4v) is 2.81. The van der Waals surface area contributed by atoms with Crippen LogP contribution in [0.2, 0.25) is 0 Å². The van der Waals surface area contributed by atoms with Crippen LogP contribution in [0, 0.1) is 5.41 Å². The standard InChI is InChI=1S/C16H24N2O2/c1-4-20-13-8-7-11(10-12(13)17)15(19)18-14-6-5-9-16(14,2)3/h7-8,10,14H,4-6,9,17H2,1-3H3,(H,18,19). The van der Waals surface area contributed by atoms with E-state index in [9.17, 15) is 4.79 Å². The fourth-order valence-electron chi connectivity index (χ4n) is 2.81. The van der Waals surface area contributed by atoms with Crippen LogP contribution < -0.4 is 15.8 Å². The summed E-state index contributed by atoms with van der Waals surface area (Å²) in [5.41, 5.74) is 7.17. The minimum Gasteiger partial charge on any atom is -0.492 e. The monoisotopic (exact) mass is 276 g/mol. The Morgan fingerprint density at radius 3 is 2.80 bits per heavy atom. The number of hydrogen-bond acceptors (Lipinski definition) is 3. The van der Waals surface area contributed by atoms with Crippen molar-refractivity contribution < 1.29 is 9.53 Å². The Hall–Kier alpha value is -1.71. The zero-order valence-corrected chi connectivity index (χ0v) is 12.5. The summed E-state index contributed by atoms with van der Waals surface area (Å²) in [7, 11) is 0. The Labute approximate surface area is 120 Å². The molecule has 1 atom stereocenters. The molecule has 0 spiro atoms. The van der Waals surface area contributed by atoms with E-state index in [4.69, 9.17) is 10.5 Å². The highest BCUT2D eigenvalue weighted by molar-refractivity contribution is 5.95. The van der Waals surface area contributed by atoms with E-state index in [-0.39, 0.29) is 17.4 Å². The van der Waals surface area contributed by atoms with Gasteiger partial charge in [0.2, 0.25) is 0 Å². The lowest BCUT2D eigenvalue weighted by Crippen LogP contribution is -2.41. The summed E-state index contributed by atoms with van der Waals surface area (Å²) in [5.74, 6) is 0.574. The first kappa shape index (κ1) is 14.7. The predicted molar refractivity (Wildman–Crippen MR) is 80.9 cm³/mol. The molecule has 1 fully saturated rings. The number of nitrogens with one attached hydrogen (secondary N) is 1. The Kier molecular flexibility index (Phi) is 4.21. The molecule has 0 aromatic heterocycles. The van der Waals surface area contributed by atoms with Crippen LogP contribution in [0.5, 0.6) is 5.75 Å². The zero-order valence-electron chi connectivity index (χ0n) is 12.5. The van der Waals surface area contributed by atoms with Crippen molar-refractivity contribution in [2.24, 2.45) is 5.41 Å². The summed E-state index contributed by atoms with van der Waals surface area (Å²) in [6.07, 6.45) is 3.37. The van der Waals surface area contributed by atoms with Gasteiger partial charge in [0, 0.05) is 11.6 Å². The molecule has 1 saturated carbocycles. The lowest BCUT2D eigenvalue weighted by molar-refractivity contribution is 0.0910. The highest BCUT2D eigenvalue weighted by atomic mass is 16.5. The first-order chi connectivity index (χ1) is 9.44. The Balaban J connectivity index is 2.08. The zero-order chi connectivity index (χ0) is 14.8. The van der Waals surface area contributed by atoms with E-state index in [1.54, 1.807) is 18.2 Å². The van der Waals surface area contributed by atoms with E-state index in [2.05, 4.69) is 19.2 Å². The second-order valence-corrected chi connectivity index (χ2v) is 6.09. The maximum absolute atomic E-state index is 12.3. The van der Waals surface area contributed by atoms with Gasteiger partial charge in [0.05, 0.1) is 12.3 Å². The van der Waals surface area contributed by atoms with Crippen LogP contribution in [0.3, 0.4) is 0 Å². The molecule has 1 unspecified atom stereocenters. The molecule has 3 N–H and O–H groups in total. The molecular formula is C16H24N2O2. The second-order valence-electron chi connectivity index (χ2n) is 6.09. The number of rotatable bonds is 4. The van der Waals surface area contributed by atoms with Gasteiger partial charge in [0.1, 0.15) is 5.75 Å². The molecule has 4 heteroatoms. The van der Waals surface area contributed by atoms with Gasteiger partial charge in [-0.05, 0) is 43.4 Å². The van der Waals surface area contributed by atoms with E-state index >= 15 is 0 Å². The number of amides is 1. The third-order valence-corrected chi connectivity index (χ3v) is 4.13. The van der Waals surface area contributed by atoms with Crippen molar-refractivity contribution in [1.29, 1.82) is 0 Å². The molecule has 110 valence electrons. The van der Waals surface area contributed by atoms with Crippen molar-refractivity contribution in [1.82, 2.24) is 5.32 Å². The molecule has 0 saturated heterocycles. The fraction of sp³-hybridized carbons (Fsp3) is 0.562. The van der Waals surface area contributed by atoms with Gasteiger partial charge in [0.15, 0.2) is 0 Å². The van der Waals surface area contributed by atoms with E-state index < -0.39 is 0 Å². The molecule has 2 rings (SSSR count). The van der Waals surface area contributed by atoms with Crippen molar-refractivity contribution in [3.05, 3.63) is 23.8 Å². The maximum Gasteiger partial charge on any atom is 0.251 e. The van der Waals surface area contributed by atoms with Crippen LogP contribution in [0.15, 0.2) is 18.2 Å². The molecule has 1 aliphatic carbocycles. The molecule has 0 radical (unpaired) electrons. The minimum absolute atomic E-state index is 0.0558. The molecule has 1 aromatic carbocycles. The Bertz CT molecular complexity index is 497. The van der Waals surface area contributed by atoms with E-state index in [1.165, 1.54) is 6.42 Å². The summed E-state index contributed by atoms with van der Waals surface area (Å²) in [6.45, 7) is 6.88. The largest absolute Gasteiger partial charge is 0.492 e. The number of carbonyl (C=O) groups excluding carboxylic acids is 1. The summed E-state index contributed by atoms with van der Waals surface area (Å²) in [5, 5.41) is 3.13. The number of nitrogens with two attached hydrogens (primary N) is 1. The number of hydrogen-bond donors (Lipinski definition) is 2. The Morgan fingerprint density at radius 1 is 1.50 bits per heavy atom. The molecular weight excluding hydrogens is 252 g/mol. The molecule has 0 aliphatic heterocycles. The van der Waals surface area contributed by atoms with Crippen LogP contribution in [-0.4, -0.2) is 18.6 Å². The minimum atomic E-state index is -0.0558. The summed E-state index contributed by atoms with van der Waals surface area (Å²) >= 11 is 0. The van der Waals surface area contributed by atoms with Crippen molar-refractivity contribution >= 4 is 11.6 Å². The van der Waals surface area contributed by atoms with Gasteiger partial charge in [-0.2, -0.15) is 0 Å². The molecule has 0 bridgehead atoms. The van der Waals surface area contributed by atoms with Crippen molar-refractivity contribution in [3.63, 3.8) is 0 Å². The molecule has 1 aromatic rings. The number of benzene rings is 1. The van der Waals surface area contributed by atoms with Crippen LogP contribution in [0.4, 0.5) is 5.69 Å². The number of nitrogen functional groups attached to an aromatic ring is 1. The number of carbonyl (C=O) groups is 1. The topological polar surface area (TPSA) is 64.3 Å². The average Bonchev–Trinajstić information content (AvgIpc) is 2.71. The van der Waals surface area contributed by atoms with Crippen LogP contribution in [0.25, 0.3) is 0 Å².